The van der Waals surface area contributed by atoms with Crippen LogP contribution < -0.4 is 0 Å². The van der Waals surface area contributed by atoms with Crippen molar-refractivity contribution in [3.63, 3.8) is 0 Å². The summed E-state index contributed by atoms with van der Waals surface area (Å²) < 4.78 is 4.56. The molecule has 0 saturated carbocycles. The predicted molar refractivity (Wildman–Crippen MR) is 41.2 cm³/mol. The molecule has 1 atom stereocenters. The molecule has 1 unspecified atom stereocenters. The van der Waals surface area contributed by atoms with Crippen LogP contribution in [0.1, 0.15) is 6.42 Å². The molecule has 0 aromatic heterocycles. The highest BCUT2D eigenvalue weighted by atomic mass is 16.6. The standard InChI is InChI=1S/C7H11NO5/c9-3-1-2-8-5(6(10)11)4-13-7(8)12/h5,9H,1-4H2,(H,10,11). The molecule has 1 fully saturated rings. The third kappa shape index (κ3) is 2.09. The van der Waals surface area contributed by atoms with Crippen LogP contribution in [0.4, 0.5) is 4.79 Å². The summed E-state index contributed by atoms with van der Waals surface area (Å²) >= 11 is 0. The lowest BCUT2D eigenvalue weighted by atomic mass is 10.3. The summed E-state index contributed by atoms with van der Waals surface area (Å²) in [6.45, 7) is 0.0298. The van der Waals surface area contributed by atoms with Gasteiger partial charge in [-0.25, -0.2) is 9.59 Å². The fourth-order valence-electron chi connectivity index (χ4n) is 1.14. The Morgan fingerprint density at radius 3 is 2.92 bits per heavy atom. The average Bonchev–Trinajstić information content (AvgIpc) is 2.43. The lowest BCUT2D eigenvalue weighted by Crippen LogP contribution is -2.40. The molecule has 0 aliphatic carbocycles. The summed E-state index contributed by atoms with van der Waals surface area (Å²) in [4.78, 5) is 22.6. The summed E-state index contributed by atoms with van der Waals surface area (Å²) in [6.07, 6.45) is -0.264. The SMILES string of the molecule is O=C(O)C1COC(=O)N1CCCO. The molecule has 1 saturated heterocycles. The van der Waals surface area contributed by atoms with Crippen LogP contribution in [-0.4, -0.2) is 53.0 Å². The number of amides is 1. The second-order valence-electron chi connectivity index (χ2n) is 2.70. The number of carbonyl (C=O) groups excluding carboxylic acids is 1. The minimum atomic E-state index is -1.08. The number of hydrogen-bond donors (Lipinski definition) is 2. The normalized spacial score (nSPS) is 21.8. The summed E-state index contributed by atoms with van der Waals surface area (Å²) in [5.74, 6) is -1.08. The van der Waals surface area contributed by atoms with Crippen LogP contribution in [0.2, 0.25) is 0 Å². The number of ether oxygens (including phenoxy) is 1. The summed E-state index contributed by atoms with van der Waals surface area (Å²) in [5, 5.41) is 17.2. The van der Waals surface area contributed by atoms with Gasteiger partial charge in [0.15, 0.2) is 6.04 Å². The van der Waals surface area contributed by atoms with Gasteiger partial charge in [-0.1, -0.05) is 0 Å². The Kier molecular flexibility index (Phi) is 3.07. The van der Waals surface area contributed by atoms with Crippen LogP contribution in [0.5, 0.6) is 0 Å². The van der Waals surface area contributed by atoms with E-state index in [2.05, 4.69) is 4.74 Å². The van der Waals surface area contributed by atoms with Gasteiger partial charge in [0.1, 0.15) is 6.61 Å². The van der Waals surface area contributed by atoms with E-state index in [-0.39, 0.29) is 19.8 Å². The van der Waals surface area contributed by atoms with Gasteiger partial charge in [0.25, 0.3) is 0 Å². The molecule has 1 amide bonds. The van der Waals surface area contributed by atoms with Gasteiger partial charge in [-0.3, -0.25) is 4.90 Å². The van der Waals surface area contributed by atoms with E-state index in [1.807, 2.05) is 0 Å². The number of rotatable bonds is 4. The van der Waals surface area contributed by atoms with E-state index >= 15 is 0 Å². The first-order valence-electron chi connectivity index (χ1n) is 3.94. The second-order valence-corrected chi connectivity index (χ2v) is 2.70. The lowest BCUT2D eigenvalue weighted by Gasteiger charge is -2.16. The van der Waals surface area contributed by atoms with Crippen LogP contribution in [0.25, 0.3) is 0 Å². The maximum absolute atomic E-state index is 11.0. The van der Waals surface area contributed by atoms with Gasteiger partial charge in [0, 0.05) is 13.2 Å². The van der Waals surface area contributed by atoms with Gasteiger partial charge in [-0.15, -0.1) is 0 Å². The van der Waals surface area contributed by atoms with E-state index in [4.69, 9.17) is 10.2 Å². The zero-order chi connectivity index (χ0) is 9.84. The van der Waals surface area contributed by atoms with Gasteiger partial charge in [0.05, 0.1) is 0 Å². The third-order valence-electron chi connectivity index (χ3n) is 1.82. The van der Waals surface area contributed by atoms with Gasteiger partial charge < -0.3 is 14.9 Å². The minimum Gasteiger partial charge on any atom is -0.480 e. The van der Waals surface area contributed by atoms with Gasteiger partial charge in [-0.05, 0) is 6.42 Å². The molecule has 6 heteroatoms. The molecule has 0 radical (unpaired) electrons. The zero-order valence-electron chi connectivity index (χ0n) is 6.97. The number of aliphatic hydroxyl groups is 1. The smallest absolute Gasteiger partial charge is 0.410 e. The van der Waals surface area contributed by atoms with Crippen LogP contribution in [0.3, 0.4) is 0 Å². The van der Waals surface area contributed by atoms with Crippen molar-refractivity contribution in [1.82, 2.24) is 4.90 Å². The molecule has 1 aliphatic rings. The van der Waals surface area contributed by atoms with Crippen LogP contribution in [-0.2, 0) is 9.53 Å². The lowest BCUT2D eigenvalue weighted by molar-refractivity contribution is -0.141. The quantitative estimate of drug-likeness (QED) is 0.609. The number of carboxylic acids is 1. The Morgan fingerprint density at radius 2 is 2.38 bits per heavy atom. The Balaban J connectivity index is 2.55. The Hall–Kier alpha value is -1.30. The topological polar surface area (TPSA) is 87.1 Å². The Morgan fingerprint density at radius 1 is 1.69 bits per heavy atom. The van der Waals surface area contributed by atoms with Crippen molar-refractivity contribution in [2.75, 3.05) is 19.8 Å². The summed E-state index contributed by atoms with van der Waals surface area (Å²) in [5.41, 5.74) is 0. The number of aliphatic carboxylic acids is 1. The number of cyclic esters (lactones) is 1. The first kappa shape index (κ1) is 9.79. The van der Waals surface area contributed by atoms with Crippen molar-refractivity contribution < 1.29 is 24.5 Å². The van der Waals surface area contributed by atoms with E-state index in [0.717, 1.165) is 4.90 Å². The van der Waals surface area contributed by atoms with Crippen LogP contribution >= 0.6 is 0 Å². The molecule has 74 valence electrons. The molecule has 0 aromatic carbocycles. The highest BCUT2D eigenvalue weighted by Gasteiger charge is 2.37. The van der Waals surface area contributed by atoms with Crippen molar-refractivity contribution in [2.24, 2.45) is 0 Å². The van der Waals surface area contributed by atoms with Crippen LogP contribution in [0.15, 0.2) is 0 Å². The van der Waals surface area contributed by atoms with E-state index in [9.17, 15) is 9.59 Å². The monoisotopic (exact) mass is 189 g/mol. The van der Waals surface area contributed by atoms with Gasteiger partial charge >= 0.3 is 12.1 Å². The molecule has 2 N–H and O–H groups in total. The number of carboxylic acid groups (broad SMARTS) is 1. The zero-order valence-corrected chi connectivity index (χ0v) is 6.97. The highest BCUT2D eigenvalue weighted by Crippen LogP contribution is 2.12. The number of aliphatic hydroxyl groups excluding tert-OH is 1. The van der Waals surface area contributed by atoms with E-state index in [1.165, 1.54) is 0 Å². The molecular formula is C7H11NO5. The van der Waals surface area contributed by atoms with Crippen molar-refractivity contribution in [2.45, 2.75) is 12.5 Å². The Labute approximate surface area is 74.7 Å². The van der Waals surface area contributed by atoms with Crippen molar-refractivity contribution >= 4 is 12.1 Å². The number of hydrogen-bond acceptors (Lipinski definition) is 4. The first-order chi connectivity index (χ1) is 6.16. The largest absolute Gasteiger partial charge is 0.480 e. The molecule has 1 rings (SSSR count). The van der Waals surface area contributed by atoms with Gasteiger partial charge in [0.2, 0.25) is 0 Å². The maximum atomic E-state index is 11.0. The van der Waals surface area contributed by atoms with E-state index in [1.54, 1.807) is 0 Å². The van der Waals surface area contributed by atoms with E-state index < -0.39 is 18.1 Å². The molecule has 0 aromatic rings. The summed E-state index contributed by atoms with van der Waals surface area (Å²) in [7, 11) is 0. The fourth-order valence-corrected chi connectivity index (χ4v) is 1.14. The van der Waals surface area contributed by atoms with Gasteiger partial charge in [-0.2, -0.15) is 0 Å². The first-order valence-corrected chi connectivity index (χ1v) is 3.94. The van der Waals surface area contributed by atoms with Crippen molar-refractivity contribution in [1.29, 1.82) is 0 Å². The van der Waals surface area contributed by atoms with E-state index in [0.29, 0.717) is 6.42 Å². The van der Waals surface area contributed by atoms with Crippen molar-refractivity contribution in [3.05, 3.63) is 0 Å². The number of nitrogens with zero attached hydrogens (tertiary/aromatic N) is 1. The minimum absolute atomic E-state index is 0.0733. The second kappa shape index (κ2) is 4.08. The molecule has 13 heavy (non-hydrogen) atoms. The molecule has 1 heterocycles. The molecule has 0 bridgehead atoms. The summed E-state index contributed by atoms with van der Waals surface area (Å²) in [6, 6.07) is -0.904. The van der Waals surface area contributed by atoms with Crippen LogP contribution in [0, 0.1) is 0 Å². The maximum Gasteiger partial charge on any atom is 0.410 e. The molecule has 0 spiro atoms. The Bertz CT molecular complexity index is 217. The van der Waals surface area contributed by atoms with Crippen molar-refractivity contribution in [3.8, 4) is 0 Å². The third-order valence-corrected chi connectivity index (χ3v) is 1.82. The molecular weight excluding hydrogens is 178 g/mol. The number of carbonyl (C=O) groups is 2. The highest BCUT2D eigenvalue weighted by molar-refractivity contribution is 5.82. The average molecular weight is 189 g/mol. The molecule has 1 aliphatic heterocycles. The molecule has 6 nitrogen and oxygen atoms in total. The fraction of sp³-hybridized carbons (Fsp3) is 0.714. The predicted octanol–water partition coefficient (Wildman–Crippen LogP) is -0.726.